The van der Waals surface area contributed by atoms with Gasteiger partial charge in [-0.2, -0.15) is 0 Å². The molecule has 0 aromatic carbocycles. The van der Waals surface area contributed by atoms with E-state index >= 15 is 0 Å². The van der Waals surface area contributed by atoms with Crippen LogP contribution < -0.4 is 5.32 Å². The fourth-order valence-corrected chi connectivity index (χ4v) is 2.34. The van der Waals surface area contributed by atoms with Crippen molar-refractivity contribution in [3.63, 3.8) is 0 Å². The van der Waals surface area contributed by atoms with Gasteiger partial charge in [0.25, 0.3) is 0 Å². The maximum atomic E-state index is 5.40. The maximum Gasteiger partial charge on any atom is 0.0469 e. The van der Waals surface area contributed by atoms with Gasteiger partial charge in [-0.05, 0) is 44.9 Å². The molecule has 1 saturated heterocycles. The Morgan fingerprint density at radius 1 is 1.50 bits per heavy atom. The van der Waals surface area contributed by atoms with Gasteiger partial charge in [0, 0.05) is 37.7 Å². The lowest BCUT2D eigenvalue weighted by Gasteiger charge is -2.24. The van der Waals surface area contributed by atoms with Crippen molar-refractivity contribution in [1.82, 2.24) is 9.88 Å². The molecule has 1 atom stereocenters. The molecule has 0 bridgehead atoms. The summed E-state index contributed by atoms with van der Waals surface area (Å²) in [6.07, 6.45) is 4.59. The van der Waals surface area contributed by atoms with Gasteiger partial charge in [0.05, 0.1) is 0 Å². The number of hydrogen-bond acceptors (Lipinski definition) is 2. The van der Waals surface area contributed by atoms with Crippen LogP contribution in [-0.4, -0.2) is 24.8 Å². The van der Waals surface area contributed by atoms with Gasteiger partial charge in [-0.3, -0.25) is 0 Å². The molecular formula is C13H22N2O. The maximum absolute atomic E-state index is 5.40. The Morgan fingerprint density at radius 3 is 2.94 bits per heavy atom. The number of aromatic nitrogens is 1. The highest BCUT2D eigenvalue weighted by Gasteiger charge is 2.16. The normalized spacial score (nSPS) is 19.9. The summed E-state index contributed by atoms with van der Waals surface area (Å²) in [5.41, 5.74) is 1.38. The van der Waals surface area contributed by atoms with E-state index in [1.807, 2.05) is 7.05 Å². The first-order valence-corrected chi connectivity index (χ1v) is 6.21. The second-order valence-electron chi connectivity index (χ2n) is 4.65. The first kappa shape index (κ1) is 11.7. The fraction of sp³-hybridized carbons (Fsp3) is 0.692. The van der Waals surface area contributed by atoms with Crippen LogP contribution in [0.3, 0.4) is 0 Å². The number of hydrogen-bond donors (Lipinski definition) is 1. The van der Waals surface area contributed by atoms with E-state index in [-0.39, 0.29) is 0 Å². The highest BCUT2D eigenvalue weighted by molar-refractivity contribution is 5.11. The van der Waals surface area contributed by atoms with Crippen LogP contribution >= 0.6 is 0 Å². The van der Waals surface area contributed by atoms with E-state index in [1.165, 1.54) is 18.5 Å². The fourth-order valence-electron chi connectivity index (χ4n) is 2.34. The van der Waals surface area contributed by atoms with Crippen molar-refractivity contribution < 1.29 is 4.74 Å². The number of rotatable bonds is 4. The van der Waals surface area contributed by atoms with Gasteiger partial charge in [0.15, 0.2) is 0 Å². The predicted octanol–water partition coefficient (Wildman–Crippen LogP) is 2.20. The molecule has 16 heavy (non-hydrogen) atoms. The Bertz CT molecular complexity index is 315. The Labute approximate surface area is 97.8 Å². The Balaban J connectivity index is 2.00. The van der Waals surface area contributed by atoms with E-state index in [9.17, 15) is 0 Å². The molecule has 0 aliphatic carbocycles. The average Bonchev–Trinajstić information content (AvgIpc) is 2.77. The largest absolute Gasteiger partial charge is 0.381 e. The lowest BCUT2D eigenvalue weighted by molar-refractivity contribution is 0.0609. The lowest BCUT2D eigenvalue weighted by atomic mass is 10.0. The highest BCUT2D eigenvalue weighted by Crippen LogP contribution is 2.20. The zero-order valence-electron chi connectivity index (χ0n) is 10.3. The lowest BCUT2D eigenvalue weighted by Crippen LogP contribution is -2.23. The summed E-state index contributed by atoms with van der Waals surface area (Å²) in [4.78, 5) is 0. The van der Waals surface area contributed by atoms with Crippen molar-refractivity contribution in [1.29, 1.82) is 0 Å². The van der Waals surface area contributed by atoms with Crippen molar-refractivity contribution in [2.75, 3.05) is 20.3 Å². The van der Waals surface area contributed by atoms with E-state index in [2.05, 4.69) is 35.1 Å². The standard InChI is InChI=1S/C13H22N2O/c1-11(14-2)13-4-3-7-15(13)10-12-5-8-16-9-6-12/h3-4,7,11-12,14H,5-6,8-10H2,1-2H3. The molecule has 0 amide bonds. The van der Waals surface area contributed by atoms with Crippen LogP contribution in [0.15, 0.2) is 18.3 Å². The average molecular weight is 222 g/mol. The summed E-state index contributed by atoms with van der Waals surface area (Å²) in [5, 5.41) is 3.30. The van der Waals surface area contributed by atoms with Gasteiger partial charge in [0.1, 0.15) is 0 Å². The molecule has 0 radical (unpaired) electrons. The monoisotopic (exact) mass is 222 g/mol. The van der Waals surface area contributed by atoms with Crippen molar-refractivity contribution in [3.05, 3.63) is 24.0 Å². The molecule has 1 aromatic rings. The summed E-state index contributed by atoms with van der Waals surface area (Å²) >= 11 is 0. The summed E-state index contributed by atoms with van der Waals surface area (Å²) < 4.78 is 7.78. The molecule has 1 aliphatic heterocycles. The van der Waals surface area contributed by atoms with Gasteiger partial charge in [0.2, 0.25) is 0 Å². The molecule has 1 unspecified atom stereocenters. The molecule has 1 fully saturated rings. The third kappa shape index (κ3) is 2.66. The van der Waals surface area contributed by atoms with E-state index in [0.29, 0.717) is 6.04 Å². The number of nitrogens with one attached hydrogen (secondary N) is 1. The molecule has 2 heterocycles. The van der Waals surface area contributed by atoms with Crippen LogP contribution in [0.4, 0.5) is 0 Å². The molecule has 90 valence electrons. The Kier molecular flexibility index (Phi) is 4.02. The number of ether oxygens (including phenoxy) is 1. The molecular weight excluding hydrogens is 200 g/mol. The highest BCUT2D eigenvalue weighted by atomic mass is 16.5. The Morgan fingerprint density at radius 2 is 2.25 bits per heavy atom. The van der Waals surface area contributed by atoms with E-state index < -0.39 is 0 Å². The SMILES string of the molecule is CNC(C)c1cccn1CC1CCOCC1. The van der Waals surface area contributed by atoms with Gasteiger partial charge >= 0.3 is 0 Å². The molecule has 2 rings (SSSR count). The van der Waals surface area contributed by atoms with Crippen LogP contribution in [0.25, 0.3) is 0 Å². The topological polar surface area (TPSA) is 26.2 Å². The molecule has 3 heteroatoms. The van der Waals surface area contributed by atoms with Crippen molar-refractivity contribution in [2.45, 2.75) is 32.4 Å². The van der Waals surface area contributed by atoms with Gasteiger partial charge in [-0.1, -0.05) is 0 Å². The minimum Gasteiger partial charge on any atom is -0.381 e. The Hall–Kier alpha value is -0.800. The molecule has 0 spiro atoms. The van der Waals surface area contributed by atoms with Crippen molar-refractivity contribution in [3.8, 4) is 0 Å². The zero-order valence-corrected chi connectivity index (χ0v) is 10.3. The summed E-state index contributed by atoms with van der Waals surface area (Å²) in [5.74, 6) is 0.781. The first-order chi connectivity index (χ1) is 7.81. The smallest absolute Gasteiger partial charge is 0.0469 e. The zero-order chi connectivity index (χ0) is 11.4. The quantitative estimate of drug-likeness (QED) is 0.845. The van der Waals surface area contributed by atoms with Crippen LogP contribution in [0.1, 0.15) is 31.5 Å². The third-order valence-electron chi connectivity index (χ3n) is 3.54. The summed E-state index contributed by atoms with van der Waals surface area (Å²) in [6.45, 7) is 5.21. The van der Waals surface area contributed by atoms with Crippen molar-refractivity contribution in [2.24, 2.45) is 5.92 Å². The van der Waals surface area contributed by atoms with Crippen LogP contribution in [0.5, 0.6) is 0 Å². The summed E-state index contributed by atoms with van der Waals surface area (Å²) in [6, 6.07) is 4.78. The van der Waals surface area contributed by atoms with Crippen LogP contribution in [-0.2, 0) is 11.3 Å². The molecule has 1 aliphatic rings. The van der Waals surface area contributed by atoms with Gasteiger partial charge in [-0.25, -0.2) is 0 Å². The molecule has 1 aromatic heterocycles. The van der Waals surface area contributed by atoms with Gasteiger partial charge in [-0.15, -0.1) is 0 Å². The minimum absolute atomic E-state index is 0.426. The molecule has 0 saturated carbocycles. The third-order valence-corrected chi connectivity index (χ3v) is 3.54. The van der Waals surface area contributed by atoms with E-state index in [4.69, 9.17) is 4.74 Å². The summed E-state index contributed by atoms with van der Waals surface area (Å²) in [7, 11) is 2.01. The van der Waals surface area contributed by atoms with E-state index in [1.54, 1.807) is 0 Å². The van der Waals surface area contributed by atoms with Crippen molar-refractivity contribution >= 4 is 0 Å². The van der Waals surface area contributed by atoms with Crippen LogP contribution in [0.2, 0.25) is 0 Å². The van der Waals surface area contributed by atoms with Gasteiger partial charge < -0.3 is 14.6 Å². The molecule has 1 N–H and O–H groups in total. The number of nitrogens with zero attached hydrogens (tertiary/aromatic N) is 1. The first-order valence-electron chi connectivity index (χ1n) is 6.21. The van der Waals surface area contributed by atoms with Crippen LogP contribution in [0, 0.1) is 5.92 Å². The minimum atomic E-state index is 0.426. The second kappa shape index (κ2) is 5.51. The van der Waals surface area contributed by atoms with E-state index in [0.717, 1.165) is 25.7 Å². The molecule has 3 nitrogen and oxygen atoms in total. The second-order valence-corrected chi connectivity index (χ2v) is 4.65. The predicted molar refractivity (Wildman–Crippen MR) is 65.4 cm³/mol.